The minimum absolute atomic E-state index is 0.0393. The van der Waals surface area contributed by atoms with Crippen molar-refractivity contribution in [2.45, 2.75) is 26.8 Å². The van der Waals surface area contributed by atoms with E-state index in [1.54, 1.807) is 18.4 Å². The first-order valence-corrected chi connectivity index (χ1v) is 9.39. The van der Waals surface area contributed by atoms with Crippen molar-refractivity contribution in [3.05, 3.63) is 58.8 Å². The Bertz CT molecular complexity index is 854. The predicted molar refractivity (Wildman–Crippen MR) is 102 cm³/mol. The molecular formula is C20H22N2O3S. The van der Waals surface area contributed by atoms with Crippen LogP contribution in [0.3, 0.4) is 0 Å². The molecule has 2 heterocycles. The first kappa shape index (κ1) is 18.2. The Kier molecular flexibility index (Phi) is 5.73. The molecule has 0 atom stereocenters. The highest BCUT2D eigenvalue weighted by Gasteiger charge is 2.19. The number of carbonyl (C=O) groups is 1. The molecule has 0 N–H and O–H groups in total. The number of amides is 1. The van der Waals surface area contributed by atoms with Crippen LogP contribution >= 0.6 is 11.3 Å². The molecule has 0 aliphatic rings. The molecule has 0 fully saturated rings. The second-order valence-corrected chi connectivity index (χ2v) is 6.88. The van der Waals surface area contributed by atoms with Crippen molar-refractivity contribution in [3.8, 4) is 16.5 Å². The summed E-state index contributed by atoms with van der Waals surface area (Å²) in [4.78, 5) is 20.0. The highest BCUT2D eigenvalue weighted by Crippen LogP contribution is 2.26. The van der Waals surface area contributed by atoms with Gasteiger partial charge in [-0.1, -0.05) is 18.2 Å². The molecule has 5 nitrogen and oxygen atoms in total. The third-order valence-electron chi connectivity index (χ3n) is 4.21. The van der Waals surface area contributed by atoms with Gasteiger partial charge >= 0.3 is 0 Å². The molecule has 0 unspecified atom stereocenters. The lowest BCUT2D eigenvalue weighted by Gasteiger charge is -2.21. The van der Waals surface area contributed by atoms with Crippen LogP contribution in [0.2, 0.25) is 0 Å². The molecule has 0 spiro atoms. The summed E-state index contributed by atoms with van der Waals surface area (Å²) in [6.45, 7) is 5.04. The van der Waals surface area contributed by atoms with Crippen molar-refractivity contribution >= 4 is 17.2 Å². The molecule has 0 bridgehead atoms. The van der Waals surface area contributed by atoms with Gasteiger partial charge in [-0.3, -0.25) is 4.79 Å². The highest BCUT2D eigenvalue weighted by atomic mass is 32.1. The Morgan fingerprint density at radius 2 is 2.04 bits per heavy atom. The van der Waals surface area contributed by atoms with Crippen LogP contribution in [0, 0.1) is 6.92 Å². The van der Waals surface area contributed by atoms with E-state index in [1.807, 2.05) is 60.5 Å². The molecule has 6 heteroatoms. The van der Waals surface area contributed by atoms with Crippen molar-refractivity contribution in [2.24, 2.45) is 0 Å². The maximum absolute atomic E-state index is 12.7. The zero-order chi connectivity index (χ0) is 18.5. The molecule has 136 valence electrons. The molecule has 0 aliphatic heterocycles. The maximum atomic E-state index is 12.7. The lowest BCUT2D eigenvalue weighted by Crippen LogP contribution is -2.31. The van der Waals surface area contributed by atoms with Crippen LogP contribution in [0.25, 0.3) is 10.8 Å². The third kappa shape index (κ3) is 4.14. The van der Waals surface area contributed by atoms with E-state index in [1.165, 1.54) is 0 Å². The predicted octanol–water partition coefficient (Wildman–Crippen LogP) is 4.31. The highest BCUT2D eigenvalue weighted by molar-refractivity contribution is 7.13. The van der Waals surface area contributed by atoms with Gasteiger partial charge in [0.05, 0.1) is 24.1 Å². The number of ether oxygens (including phenoxy) is 1. The number of aryl methyl sites for hydroxylation is 1. The number of aromatic nitrogens is 1. The normalized spacial score (nSPS) is 10.7. The van der Waals surface area contributed by atoms with Gasteiger partial charge in [0.1, 0.15) is 11.5 Å². The molecule has 3 rings (SSSR count). The average molecular weight is 370 g/mol. The molecule has 26 heavy (non-hydrogen) atoms. The largest absolute Gasteiger partial charge is 0.497 e. The topological polar surface area (TPSA) is 55.6 Å². The van der Waals surface area contributed by atoms with Crippen LogP contribution in [0.4, 0.5) is 0 Å². The number of likely N-dealkylation sites (N-methyl/N-ethyl adjacent to an activating group) is 1. The third-order valence-corrected chi connectivity index (χ3v) is 5.07. The molecule has 1 amide bonds. The number of nitrogens with zero attached hydrogens (tertiary/aromatic N) is 2. The molecule has 1 aromatic carbocycles. The average Bonchev–Trinajstić information content (AvgIpc) is 3.30. The molecule has 0 radical (unpaired) electrons. The number of thiophene rings is 1. The van der Waals surface area contributed by atoms with Crippen LogP contribution in [0.5, 0.6) is 5.75 Å². The van der Waals surface area contributed by atoms with Crippen LogP contribution in [0.15, 0.2) is 46.2 Å². The second kappa shape index (κ2) is 8.19. The number of hydrogen-bond acceptors (Lipinski definition) is 5. The van der Waals surface area contributed by atoms with E-state index >= 15 is 0 Å². The van der Waals surface area contributed by atoms with E-state index in [4.69, 9.17) is 9.15 Å². The summed E-state index contributed by atoms with van der Waals surface area (Å²) in [6, 6.07) is 11.7. The van der Waals surface area contributed by atoms with Crippen molar-refractivity contribution in [2.75, 3.05) is 13.7 Å². The number of methoxy groups -OCH3 is 1. The fourth-order valence-electron chi connectivity index (χ4n) is 2.68. The molecular weight excluding hydrogens is 348 g/mol. The number of carbonyl (C=O) groups excluding carboxylic acids is 1. The maximum Gasteiger partial charge on any atom is 0.236 e. The van der Waals surface area contributed by atoms with Gasteiger partial charge in [-0.2, -0.15) is 0 Å². The number of hydrogen-bond donors (Lipinski definition) is 0. The Morgan fingerprint density at radius 3 is 2.65 bits per heavy atom. The first-order valence-electron chi connectivity index (χ1n) is 8.51. The van der Waals surface area contributed by atoms with Gasteiger partial charge in [0.15, 0.2) is 0 Å². The summed E-state index contributed by atoms with van der Waals surface area (Å²) < 4.78 is 10.9. The molecule has 0 aliphatic carbocycles. The Balaban J connectivity index is 1.69. The lowest BCUT2D eigenvalue weighted by atomic mass is 10.2. The van der Waals surface area contributed by atoms with Crippen LogP contribution < -0.4 is 4.74 Å². The van der Waals surface area contributed by atoms with Gasteiger partial charge in [-0.15, -0.1) is 11.3 Å². The first-order chi connectivity index (χ1) is 12.6. The quantitative estimate of drug-likeness (QED) is 0.622. The minimum atomic E-state index is 0.0393. The summed E-state index contributed by atoms with van der Waals surface area (Å²) in [6.07, 6.45) is 0.241. The van der Waals surface area contributed by atoms with Crippen LogP contribution in [0.1, 0.15) is 23.9 Å². The fourth-order valence-corrected chi connectivity index (χ4v) is 3.33. The van der Waals surface area contributed by atoms with Gasteiger partial charge in [-0.05, 0) is 43.0 Å². The Morgan fingerprint density at radius 1 is 1.27 bits per heavy atom. The fraction of sp³-hybridized carbons (Fsp3) is 0.300. The summed E-state index contributed by atoms with van der Waals surface area (Å²) in [5.41, 5.74) is 1.77. The van der Waals surface area contributed by atoms with Crippen LogP contribution in [-0.2, 0) is 17.8 Å². The number of oxazole rings is 1. The molecule has 0 saturated heterocycles. The second-order valence-electron chi connectivity index (χ2n) is 5.93. The molecule has 3 aromatic rings. The van der Waals surface area contributed by atoms with E-state index in [0.717, 1.165) is 16.2 Å². The van der Waals surface area contributed by atoms with E-state index in [-0.39, 0.29) is 12.3 Å². The lowest BCUT2D eigenvalue weighted by molar-refractivity contribution is -0.130. The van der Waals surface area contributed by atoms with Crippen molar-refractivity contribution in [1.82, 2.24) is 9.88 Å². The van der Waals surface area contributed by atoms with E-state index in [9.17, 15) is 4.79 Å². The number of benzene rings is 1. The van der Waals surface area contributed by atoms with Crippen molar-refractivity contribution in [3.63, 3.8) is 0 Å². The van der Waals surface area contributed by atoms with Gasteiger partial charge in [0.2, 0.25) is 11.8 Å². The number of rotatable bonds is 7. The minimum Gasteiger partial charge on any atom is -0.497 e. The van der Waals surface area contributed by atoms with E-state index in [2.05, 4.69) is 4.98 Å². The van der Waals surface area contributed by atoms with Gasteiger partial charge in [-0.25, -0.2) is 4.98 Å². The van der Waals surface area contributed by atoms with Gasteiger partial charge in [0, 0.05) is 13.1 Å². The summed E-state index contributed by atoms with van der Waals surface area (Å²) in [5.74, 6) is 2.13. The SMILES string of the molecule is CCN(Cc1ccc(OC)cc1)C(=O)Cc1nc(-c2cccs2)oc1C. The Hall–Kier alpha value is -2.60. The van der Waals surface area contributed by atoms with Crippen LogP contribution in [-0.4, -0.2) is 29.4 Å². The molecule has 0 saturated carbocycles. The smallest absolute Gasteiger partial charge is 0.236 e. The van der Waals surface area contributed by atoms with Crippen molar-refractivity contribution < 1.29 is 13.9 Å². The summed E-state index contributed by atoms with van der Waals surface area (Å²) in [7, 11) is 1.64. The zero-order valence-corrected chi connectivity index (χ0v) is 16.0. The summed E-state index contributed by atoms with van der Waals surface area (Å²) in [5, 5.41) is 1.98. The monoisotopic (exact) mass is 370 g/mol. The van der Waals surface area contributed by atoms with Gasteiger partial charge < -0.3 is 14.1 Å². The van der Waals surface area contributed by atoms with E-state index in [0.29, 0.717) is 30.4 Å². The Labute approximate surface area is 157 Å². The van der Waals surface area contributed by atoms with Gasteiger partial charge in [0.25, 0.3) is 0 Å². The molecule has 2 aromatic heterocycles. The summed E-state index contributed by atoms with van der Waals surface area (Å²) >= 11 is 1.57. The van der Waals surface area contributed by atoms with Crippen molar-refractivity contribution in [1.29, 1.82) is 0 Å². The standard InChI is InChI=1S/C20H22N2O3S/c1-4-22(13-15-7-9-16(24-3)10-8-15)19(23)12-17-14(2)25-20(21-17)18-6-5-11-26-18/h5-11H,4,12-13H2,1-3H3. The van der Waals surface area contributed by atoms with E-state index < -0.39 is 0 Å². The zero-order valence-electron chi connectivity index (χ0n) is 15.2.